The molecule has 146 valence electrons. The number of rotatable bonds is 6. The quantitative estimate of drug-likeness (QED) is 0.641. The molecule has 28 heavy (non-hydrogen) atoms. The number of H-pyrrole nitrogens is 1. The standard InChI is InChI=1S/C23H29N5/c1-17(15-24)11-14-28(16-21-26-19-9-3-4-10-20(19)27-21)23(2)12-5-7-18-8-6-13-25-22(18)23/h3-4,6,8-11,13H,5,7,12,14-16,24H2,1-2H3,(H,26,27)/b17-11+. The van der Waals surface area contributed by atoms with Crippen molar-refractivity contribution in [1.29, 1.82) is 0 Å². The number of imidazole rings is 1. The molecule has 4 rings (SSSR count). The second kappa shape index (κ2) is 7.86. The summed E-state index contributed by atoms with van der Waals surface area (Å²) in [6, 6.07) is 12.5. The van der Waals surface area contributed by atoms with Crippen LogP contribution in [0.3, 0.4) is 0 Å². The van der Waals surface area contributed by atoms with E-state index in [0.29, 0.717) is 6.54 Å². The van der Waals surface area contributed by atoms with E-state index in [0.717, 1.165) is 42.8 Å². The molecule has 1 atom stereocenters. The summed E-state index contributed by atoms with van der Waals surface area (Å²) in [5.41, 5.74) is 11.6. The molecule has 2 heterocycles. The van der Waals surface area contributed by atoms with E-state index in [1.807, 2.05) is 24.4 Å². The van der Waals surface area contributed by atoms with Crippen LogP contribution in [0.5, 0.6) is 0 Å². The van der Waals surface area contributed by atoms with Crippen LogP contribution in [0.4, 0.5) is 0 Å². The van der Waals surface area contributed by atoms with Crippen molar-refractivity contribution in [1.82, 2.24) is 19.9 Å². The molecule has 0 saturated carbocycles. The fourth-order valence-electron chi connectivity index (χ4n) is 4.23. The van der Waals surface area contributed by atoms with Gasteiger partial charge in [-0.05, 0) is 56.9 Å². The third kappa shape index (κ3) is 3.60. The average molecular weight is 376 g/mol. The first kappa shape index (κ1) is 18.8. The molecule has 3 N–H and O–H groups in total. The van der Waals surface area contributed by atoms with E-state index in [1.54, 1.807) is 0 Å². The predicted octanol–water partition coefficient (Wildman–Crippen LogP) is 3.92. The lowest BCUT2D eigenvalue weighted by molar-refractivity contribution is 0.0817. The number of aromatic amines is 1. The Morgan fingerprint density at radius 2 is 2.14 bits per heavy atom. The number of pyridine rings is 1. The van der Waals surface area contributed by atoms with Gasteiger partial charge in [0.15, 0.2) is 0 Å². The number of para-hydroxylation sites is 2. The molecule has 0 saturated heterocycles. The van der Waals surface area contributed by atoms with Crippen LogP contribution in [0.25, 0.3) is 11.0 Å². The Bertz CT molecular complexity index is 956. The first-order valence-corrected chi connectivity index (χ1v) is 10.1. The molecule has 0 bridgehead atoms. The molecular weight excluding hydrogens is 346 g/mol. The molecule has 0 fully saturated rings. The number of nitrogens with two attached hydrogens (primary N) is 1. The molecule has 1 aliphatic carbocycles. The van der Waals surface area contributed by atoms with Crippen molar-refractivity contribution in [2.24, 2.45) is 5.73 Å². The van der Waals surface area contributed by atoms with Crippen LogP contribution in [0.2, 0.25) is 0 Å². The number of benzene rings is 1. The molecule has 0 radical (unpaired) electrons. The third-order valence-corrected chi connectivity index (χ3v) is 5.97. The van der Waals surface area contributed by atoms with Crippen molar-refractivity contribution in [2.75, 3.05) is 13.1 Å². The van der Waals surface area contributed by atoms with Crippen LogP contribution in [0.15, 0.2) is 54.2 Å². The molecule has 0 spiro atoms. The van der Waals surface area contributed by atoms with Gasteiger partial charge in [0.1, 0.15) is 5.82 Å². The summed E-state index contributed by atoms with van der Waals surface area (Å²) in [4.78, 5) is 15.6. The van der Waals surface area contributed by atoms with Crippen LogP contribution < -0.4 is 5.73 Å². The maximum Gasteiger partial charge on any atom is 0.121 e. The summed E-state index contributed by atoms with van der Waals surface area (Å²) in [6.07, 6.45) is 7.53. The first-order chi connectivity index (χ1) is 13.6. The molecule has 2 aromatic heterocycles. The molecule has 5 nitrogen and oxygen atoms in total. The molecule has 1 aliphatic rings. The lowest BCUT2D eigenvalue weighted by atomic mass is 9.79. The summed E-state index contributed by atoms with van der Waals surface area (Å²) >= 11 is 0. The second-order valence-corrected chi connectivity index (χ2v) is 7.97. The Balaban J connectivity index is 1.71. The number of aryl methyl sites for hydroxylation is 1. The molecule has 0 amide bonds. The van der Waals surface area contributed by atoms with Crippen molar-refractivity contribution in [3.05, 3.63) is 71.3 Å². The molecule has 3 aromatic rings. The maximum absolute atomic E-state index is 5.83. The van der Waals surface area contributed by atoms with E-state index in [1.165, 1.54) is 23.3 Å². The van der Waals surface area contributed by atoms with Crippen LogP contribution in [0, 0.1) is 0 Å². The monoisotopic (exact) mass is 375 g/mol. The average Bonchev–Trinajstić information content (AvgIpc) is 3.13. The van der Waals surface area contributed by atoms with Crippen molar-refractivity contribution >= 4 is 11.0 Å². The van der Waals surface area contributed by atoms with Gasteiger partial charge >= 0.3 is 0 Å². The smallest absolute Gasteiger partial charge is 0.121 e. The Labute approximate surface area is 166 Å². The largest absolute Gasteiger partial charge is 0.341 e. The maximum atomic E-state index is 5.83. The number of fused-ring (bicyclic) bond motifs is 2. The molecular formula is C23H29N5. The van der Waals surface area contributed by atoms with E-state index < -0.39 is 0 Å². The molecule has 1 aromatic carbocycles. The summed E-state index contributed by atoms with van der Waals surface area (Å²) in [6.45, 7) is 6.58. The van der Waals surface area contributed by atoms with Gasteiger partial charge in [0, 0.05) is 19.3 Å². The van der Waals surface area contributed by atoms with E-state index in [-0.39, 0.29) is 5.54 Å². The lowest BCUT2D eigenvalue weighted by Gasteiger charge is -2.43. The summed E-state index contributed by atoms with van der Waals surface area (Å²) in [5, 5.41) is 0. The van der Waals surface area contributed by atoms with Gasteiger partial charge in [-0.15, -0.1) is 0 Å². The Kier molecular flexibility index (Phi) is 5.29. The zero-order chi connectivity index (χ0) is 19.6. The van der Waals surface area contributed by atoms with Crippen molar-refractivity contribution in [3.8, 4) is 0 Å². The minimum absolute atomic E-state index is 0.126. The van der Waals surface area contributed by atoms with Crippen LogP contribution in [0.1, 0.15) is 43.8 Å². The normalized spacial score (nSPS) is 19.9. The van der Waals surface area contributed by atoms with Gasteiger partial charge in [-0.25, -0.2) is 4.98 Å². The zero-order valence-corrected chi connectivity index (χ0v) is 16.8. The van der Waals surface area contributed by atoms with Crippen LogP contribution in [-0.4, -0.2) is 32.9 Å². The lowest BCUT2D eigenvalue weighted by Crippen LogP contribution is -2.46. The number of nitrogens with zero attached hydrogens (tertiary/aromatic N) is 3. The second-order valence-electron chi connectivity index (χ2n) is 7.97. The van der Waals surface area contributed by atoms with Gasteiger partial charge in [-0.2, -0.15) is 0 Å². The molecule has 5 heteroatoms. The Morgan fingerprint density at radius 3 is 2.96 bits per heavy atom. The highest BCUT2D eigenvalue weighted by Crippen LogP contribution is 2.39. The fourth-order valence-corrected chi connectivity index (χ4v) is 4.23. The van der Waals surface area contributed by atoms with Gasteiger partial charge in [0.05, 0.1) is 28.8 Å². The third-order valence-electron chi connectivity index (χ3n) is 5.97. The Hall–Kier alpha value is -2.50. The van der Waals surface area contributed by atoms with Gasteiger partial charge in [-0.3, -0.25) is 9.88 Å². The van der Waals surface area contributed by atoms with E-state index >= 15 is 0 Å². The fraction of sp³-hybridized carbons (Fsp3) is 0.391. The number of hydrogen-bond donors (Lipinski definition) is 2. The topological polar surface area (TPSA) is 70.8 Å². The van der Waals surface area contributed by atoms with Gasteiger partial charge < -0.3 is 10.7 Å². The zero-order valence-electron chi connectivity index (χ0n) is 16.8. The van der Waals surface area contributed by atoms with E-state index in [9.17, 15) is 0 Å². The van der Waals surface area contributed by atoms with Crippen molar-refractivity contribution in [3.63, 3.8) is 0 Å². The molecule has 1 unspecified atom stereocenters. The Morgan fingerprint density at radius 1 is 1.29 bits per heavy atom. The highest BCUT2D eigenvalue weighted by molar-refractivity contribution is 5.74. The van der Waals surface area contributed by atoms with Crippen molar-refractivity contribution in [2.45, 2.75) is 45.2 Å². The number of nitrogens with one attached hydrogen (secondary N) is 1. The minimum atomic E-state index is -0.126. The van der Waals surface area contributed by atoms with Crippen LogP contribution >= 0.6 is 0 Å². The van der Waals surface area contributed by atoms with Gasteiger partial charge in [0.25, 0.3) is 0 Å². The summed E-state index contributed by atoms with van der Waals surface area (Å²) in [5.74, 6) is 0.990. The highest BCUT2D eigenvalue weighted by Gasteiger charge is 2.38. The van der Waals surface area contributed by atoms with E-state index in [2.05, 4.69) is 48.0 Å². The molecule has 0 aliphatic heterocycles. The SMILES string of the molecule is C/C(=C\CN(Cc1nc2ccccc2[nH]1)C1(C)CCCc2cccnc21)CN. The van der Waals surface area contributed by atoms with E-state index in [4.69, 9.17) is 15.7 Å². The van der Waals surface area contributed by atoms with Crippen molar-refractivity contribution < 1.29 is 0 Å². The van der Waals surface area contributed by atoms with Gasteiger partial charge in [-0.1, -0.05) is 29.8 Å². The van der Waals surface area contributed by atoms with Crippen LogP contribution in [-0.2, 0) is 18.5 Å². The number of hydrogen-bond acceptors (Lipinski definition) is 4. The highest BCUT2D eigenvalue weighted by atomic mass is 15.2. The number of aromatic nitrogens is 3. The summed E-state index contributed by atoms with van der Waals surface area (Å²) < 4.78 is 0. The first-order valence-electron chi connectivity index (χ1n) is 10.1. The summed E-state index contributed by atoms with van der Waals surface area (Å²) in [7, 11) is 0. The van der Waals surface area contributed by atoms with Gasteiger partial charge in [0.2, 0.25) is 0 Å². The minimum Gasteiger partial charge on any atom is -0.341 e. The predicted molar refractivity (Wildman–Crippen MR) is 114 cm³/mol.